The Bertz CT molecular complexity index is 1340. The molecular weight excluding hydrogens is 460 g/mol. The van der Waals surface area contributed by atoms with E-state index in [-0.39, 0.29) is 19.0 Å². The Balaban J connectivity index is 1.76. The van der Waals surface area contributed by atoms with Crippen LogP contribution in [0.15, 0.2) is 52.1 Å². The Morgan fingerprint density at radius 3 is 2.47 bits per heavy atom. The van der Waals surface area contributed by atoms with E-state index in [1.54, 1.807) is 18.2 Å². The summed E-state index contributed by atoms with van der Waals surface area (Å²) in [7, 11) is 0. The van der Waals surface area contributed by atoms with E-state index in [0.717, 1.165) is 15.7 Å². The molecule has 1 aromatic heterocycles. The number of nitrogens with zero attached hydrogens (tertiary/aromatic N) is 3. The summed E-state index contributed by atoms with van der Waals surface area (Å²) in [4.78, 5) is 42.0. The summed E-state index contributed by atoms with van der Waals surface area (Å²) in [5.41, 5.74) is -0.126. The van der Waals surface area contributed by atoms with Crippen molar-refractivity contribution in [3.8, 4) is 5.75 Å². The van der Waals surface area contributed by atoms with Crippen LogP contribution in [0.25, 0.3) is 0 Å². The minimum Gasteiger partial charge on any atom is -0.492 e. The van der Waals surface area contributed by atoms with Gasteiger partial charge in [-0.2, -0.15) is 4.98 Å². The van der Waals surface area contributed by atoms with E-state index in [0.29, 0.717) is 35.9 Å². The van der Waals surface area contributed by atoms with Crippen LogP contribution >= 0.6 is 11.6 Å². The Labute approximate surface area is 200 Å². The summed E-state index contributed by atoms with van der Waals surface area (Å²) in [5, 5.41) is 12.9. The summed E-state index contributed by atoms with van der Waals surface area (Å²) < 4.78 is 7.68. The monoisotopic (exact) mass is 484 g/mol. The van der Waals surface area contributed by atoms with Gasteiger partial charge in [0.15, 0.2) is 0 Å². The molecule has 1 saturated carbocycles. The van der Waals surface area contributed by atoms with Gasteiger partial charge >= 0.3 is 17.3 Å². The second kappa shape index (κ2) is 9.34. The van der Waals surface area contributed by atoms with Gasteiger partial charge in [-0.15, -0.1) is 0 Å². The van der Waals surface area contributed by atoms with Crippen molar-refractivity contribution in [2.24, 2.45) is 5.41 Å². The van der Waals surface area contributed by atoms with Crippen LogP contribution in [0.4, 0.5) is 11.6 Å². The molecule has 1 fully saturated rings. The summed E-state index contributed by atoms with van der Waals surface area (Å²) in [6.07, 6.45) is 0.827. The minimum atomic E-state index is -1.09. The highest BCUT2D eigenvalue weighted by Gasteiger charge is 2.51. The first kappa shape index (κ1) is 23.6. The zero-order valence-corrected chi connectivity index (χ0v) is 19.6. The van der Waals surface area contributed by atoms with Gasteiger partial charge in [-0.05, 0) is 50.5 Å². The molecule has 4 rings (SSSR count). The number of halogens is 1. The average molecular weight is 485 g/mol. The van der Waals surface area contributed by atoms with Gasteiger partial charge in [0.2, 0.25) is 5.95 Å². The lowest BCUT2D eigenvalue weighted by Gasteiger charge is -2.18. The number of carbonyl (C=O) groups is 1. The summed E-state index contributed by atoms with van der Waals surface area (Å²) in [6.45, 7) is 4.19. The van der Waals surface area contributed by atoms with Crippen molar-refractivity contribution in [1.29, 1.82) is 0 Å². The van der Waals surface area contributed by atoms with Crippen molar-refractivity contribution in [3.63, 3.8) is 0 Å². The van der Waals surface area contributed by atoms with E-state index in [2.05, 4.69) is 10.3 Å². The molecule has 34 heavy (non-hydrogen) atoms. The normalized spacial score (nSPS) is 14.0. The Hall–Kier alpha value is -3.59. The first-order valence-corrected chi connectivity index (χ1v) is 11.3. The molecule has 0 bridgehead atoms. The quantitative estimate of drug-likeness (QED) is 0.478. The molecule has 1 heterocycles. The number of hydrogen-bond acceptors (Lipinski definition) is 6. The highest BCUT2D eigenvalue weighted by Crippen LogP contribution is 2.46. The van der Waals surface area contributed by atoms with E-state index >= 15 is 0 Å². The molecule has 0 spiro atoms. The number of ether oxygens (including phenoxy) is 1. The largest absolute Gasteiger partial charge is 0.492 e. The Morgan fingerprint density at radius 2 is 1.88 bits per heavy atom. The fourth-order valence-corrected chi connectivity index (χ4v) is 3.89. The molecule has 0 atom stereocenters. The lowest BCUT2D eigenvalue weighted by atomic mass is 10.1. The fourth-order valence-electron chi connectivity index (χ4n) is 3.65. The molecule has 2 aromatic carbocycles. The molecule has 1 aliphatic carbocycles. The van der Waals surface area contributed by atoms with Crippen LogP contribution in [-0.4, -0.2) is 31.8 Å². The first-order valence-electron chi connectivity index (χ1n) is 10.9. The molecule has 10 heteroatoms. The zero-order chi connectivity index (χ0) is 24.5. The van der Waals surface area contributed by atoms with E-state index in [1.165, 1.54) is 4.57 Å². The number of anilines is 2. The number of hydrogen-bond donors (Lipinski definition) is 2. The zero-order valence-electron chi connectivity index (χ0n) is 18.9. The highest BCUT2D eigenvalue weighted by atomic mass is 35.5. The van der Waals surface area contributed by atoms with Gasteiger partial charge < -0.3 is 15.2 Å². The number of nitrogens with one attached hydrogen (secondary N) is 1. The van der Waals surface area contributed by atoms with E-state index in [9.17, 15) is 19.5 Å². The number of aromatic nitrogens is 3. The van der Waals surface area contributed by atoms with Gasteiger partial charge in [-0.25, -0.2) is 14.2 Å². The van der Waals surface area contributed by atoms with E-state index in [4.69, 9.17) is 16.3 Å². The third kappa shape index (κ3) is 4.84. The lowest BCUT2D eigenvalue weighted by molar-refractivity contribution is -0.143. The number of benzene rings is 2. The van der Waals surface area contributed by atoms with Crippen molar-refractivity contribution in [1.82, 2.24) is 14.1 Å². The minimum absolute atomic E-state index is 0.0345. The van der Waals surface area contributed by atoms with Gasteiger partial charge in [0.05, 0.1) is 23.6 Å². The maximum Gasteiger partial charge on any atom is 0.354 e. The number of rotatable bonds is 9. The Kier molecular flexibility index (Phi) is 6.47. The smallest absolute Gasteiger partial charge is 0.354 e. The molecule has 0 amide bonds. The number of carboxylic acids is 1. The van der Waals surface area contributed by atoms with Crippen molar-refractivity contribution >= 4 is 29.2 Å². The number of aliphatic carboxylic acids is 1. The second-order valence-corrected chi connectivity index (χ2v) is 8.85. The molecule has 9 nitrogen and oxygen atoms in total. The van der Waals surface area contributed by atoms with Crippen LogP contribution in [0, 0.1) is 12.3 Å². The lowest BCUT2D eigenvalue weighted by Crippen LogP contribution is -2.45. The average Bonchev–Trinajstić information content (AvgIpc) is 3.58. The topological polar surface area (TPSA) is 115 Å². The van der Waals surface area contributed by atoms with E-state index < -0.39 is 22.8 Å². The molecular formula is C24H25ClN4O5. The SMILES string of the molecule is CCOc1ccc(Nc2nc(=O)n(CC3(C(=O)O)CC3)c(=O)n2Cc2ccc(C)cc2)cc1Cl. The molecule has 0 aliphatic heterocycles. The van der Waals surface area contributed by atoms with Crippen LogP contribution in [0.3, 0.4) is 0 Å². The summed E-state index contributed by atoms with van der Waals surface area (Å²) >= 11 is 6.28. The van der Waals surface area contributed by atoms with Crippen molar-refractivity contribution in [2.45, 2.75) is 39.8 Å². The van der Waals surface area contributed by atoms with Crippen LogP contribution in [0.2, 0.25) is 5.02 Å². The first-order chi connectivity index (χ1) is 16.2. The van der Waals surface area contributed by atoms with Crippen molar-refractivity contribution in [3.05, 3.63) is 79.6 Å². The van der Waals surface area contributed by atoms with Crippen LogP contribution in [0.5, 0.6) is 5.75 Å². The Morgan fingerprint density at radius 1 is 1.18 bits per heavy atom. The van der Waals surface area contributed by atoms with Gasteiger partial charge in [-0.1, -0.05) is 41.4 Å². The molecule has 1 aliphatic rings. The van der Waals surface area contributed by atoms with E-state index in [1.807, 2.05) is 38.1 Å². The number of aryl methyl sites for hydroxylation is 1. The summed E-state index contributed by atoms with van der Waals surface area (Å²) in [5.74, 6) is -0.471. The van der Waals surface area contributed by atoms with Gasteiger partial charge in [0.25, 0.3) is 0 Å². The third-order valence-corrected chi connectivity index (χ3v) is 6.16. The molecule has 0 unspecified atom stereocenters. The predicted molar refractivity (Wildman–Crippen MR) is 128 cm³/mol. The van der Waals surface area contributed by atoms with Crippen LogP contribution in [0.1, 0.15) is 30.9 Å². The van der Waals surface area contributed by atoms with Crippen LogP contribution < -0.4 is 21.4 Å². The van der Waals surface area contributed by atoms with Crippen LogP contribution in [-0.2, 0) is 17.9 Å². The highest BCUT2D eigenvalue weighted by molar-refractivity contribution is 6.32. The van der Waals surface area contributed by atoms with Gasteiger partial charge in [-0.3, -0.25) is 9.36 Å². The second-order valence-electron chi connectivity index (χ2n) is 8.45. The van der Waals surface area contributed by atoms with Crippen molar-refractivity contribution < 1.29 is 14.6 Å². The van der Waals surface area contributed by atoms with Crippen molar-refractivity contribution in [2.75, 3.05) is 11.9 Å². The third-order valence-electron chi connectivity index (χ3n) is 5.87. The maximum atomic E-state index is 13.4. The van der Waals surface area contributed by atoms with Gasteiger partial charge in [0.1, 0.15) is 5.75 Å². The molecule has 0 radical (unpaired) electrons. The standard InChI is InChI=1S/C24H25ClN4O5/c1-3-34-19-9-8-17(12-18(19)25)26-21-27-22(32)29(14-24(10-11-24)20(30)31)23(33)28(21)13-16-6-4-15(2)5-7-16/h4-9,12H,3,10-11,13-14H2,1-2H3,(H,30,31)(H,26,27,32). The van der Waals surface area contributed by atoms with Gasteiger partial charge in [0, 0.05) is 12.2 Å². The molecule has 178 valence electrons. The molecule has 2 N–H and O–H groups in total. The predicted octanol–water partition coefficient (Wildman–Crippen LogP) is 3.42. The number of carboxylic acid groups (broad SMARTS) is 1. The molecule has 0 saturated heterocycles. The molecule has 3 aromatic rings. The maximum absolute atomic E-state index is 13.4. The fraction of sp³-hybridized carbons (Fsp3) is 0.333. The summed E-state index contributed by atoms with van der Waals surface area (Å²) in [6, 6.07) is 12.6.